The minimum Gasteiger partial charge on any atom is -0.545 e. The Morgan fingerprint density at radius 1 is 1.35 bits per heavy atom. The average molecular weight is 226 g/mol. The molecular weight excluding hydrogens is 214 g/mol. The van der Waals surface area contributed by atoms with Gasteiger partial charge in [-0.3, -0.25) is 0 Å². The zero-order valence-corrected chi connectivity index (χ0v) is 9.44. The molecule has 0 bridgehead atoms. The van der Waals surface area contributed by atoms with Crippen molar-refractivity contribution in [3.63, 3.8) is 0 Å². The van der Waals surface area contributed by atoms with Gasteiger partial charge >= 0.3 is 0 Å². The number of carboxylic acids is 1. The molecule has 17 heavy (non-hydrogen) atoms. The Labute approximate surface area is 99.1 Å². The Balaban J connectivity index is 2.30. The molecule has 86 valence electrons. The van der Waals surface area contributed by atoms with Gasteiger partial charge in [-0.2, -0.15) is 0 Å². The zero-order chi connectivity index (χ0) is 12.3. The maximum atomic E-state index is 10.4. The second-order valence-corrected chi connectivity index (χ2v) is 3.83. The Morgan fingerprint density at radius 2 is 2.12 bits per heavy atom. The second-order valence-electron chi connectivity index (χ2n) is 3.83. The molecule has 0 spiro atoms. The van der Waals surface area contributed by atoms with E-state index >= 15 is 0 Å². The van der Waals surface area contributed by atoms with E-state index in [1.54, 1.807) is 13.0 Å². The third kappa shape index (κ3) is 2.64. The Kier molecular flexibility index (Phi) is 3.10. The smallest absolute Gasteiger partial charge is 0.0645 e. The number of aromatic amines is 1. The van der Waals surface area contributed by atoms with Gasteiger partial charge in [0.05, 0.1) is 5.97 Å². The molecule has 0 unspecified atom stereocenters. The molecule has 3 nitrogen and oxygen atoms in total. The van der Waals surface area contributed by atoms with Gasteiger partial charge < -0.3 is 14.9 Å². The maximum Gasteiger partial charge on any atom is 0.0645 e. The molecule has 3 heteroatoms. The molecule has 1 heterocycles. The summed E-state index contributed by atoms with van der Waals surface area (Å²) in [4.78, 5) is 13.5. The normalized spacial score (nSPS) is 12.4. The number of fused-ring (bicyclic) bond motifs is 1. The predicted molar refractivity (Wildman–Crippen MR) is 66.1 cm³/mol. The fourth-order valence-electron chi connectivity index (χ4n) is 1.69. The van der Waals surface area contributed by atoms with Crippen molar-refractivity contribution in [2.75, 3.05) is 0 Å². The van der Waals surface area contributed by atoms with Crippen LogP contribution in [0.3, 0.4) is 0 Å². The molecule has 0 aliphatic rings. The van der Waals surface area contributed by atoms with Crippen LogP contribution >= 0.6 is 0 Å². The van der Waals surface area contributed by atoms with E-state index in [-0.39, 0.29) is 0 Å². The standard InChI is InChI=1S/C14H13NO2/c1-10(8-14(16)17)6-7-11-9-15-13-5-3-2-4-12(11)13/h2-9,15H,1H3,(H,16,17)/p-1/b7-6+,10-8+. The number of aromatic nitrogens is 1. The highest BCUT2D eigenvalue weighted by Crippen LogP contribution is 2.19. The van der Waals surface area contributed by atoms with E-state index in [1.165, 1.54) is 0 Å². The summed E-state index contributed by atoms with van der Waals surface area (Å²) in [6, 6.07) is 7.95. The number of hydrogen-bond acceptors (Lipinski definition) is 2. The van der Waals surface area contributed by atoms with Gasteiger partial charge in [0.15, 0.2) is 0 Å². The van der Waals surface area contributed by atoms with Crippen molar-refractivity contribution in [2.24, 2.45) is 0 Å². The van der Waals surface area contributed by atoms with Crippen molar-refractivity contribution in [1.29, 1.82) is 0 Å². The SMILES string of the molecule is CC(/C=C/c1c[nH]c2ccccc12)=C\C(=O)[O-]. The number of H-pyrrole nitrogens is 1. The Morgan fingerprint density at radius 3 is 2.88 bits per heavy atom. The van der Waals surface area contributed by atoms with Crippen LogP contribution in [-0.4, -0.2) is 11.0 Å². The van der Waals surface area contributed by atoms with Crippen LogP contribution in [0, 0.1) is 0 Å². The largest absolute Gasteiger partial charge is 0.545 e. The Hall–Kier alpha value is -2.29. The van der Waals surface area contributed by atoms with Crippen molar-refractivity contribution in [3.8, 4) is 0 Å². The fourth-order valence-corrected chi connectivity index (χ4v) is 1.69. The molecule has 0 radical (unpaired) electrons. The van der Waals surface area contributed by atoms with Gasteiger partial charge in [-0.1, -0.05) is 30.4 Å². The molecule has 0 aliphatic heterocycles. The lowest BCUT2D eigenvalue weighted by Gasteiger charge is -1.95. The van der Waals surface area contributed by atoms with Crippen LogP contribution in [0.25, 0.3) is 17.0 Å². The summed E-state index contributed by atoms with van der Waals surface area (Å²) >= 11 is 0. The first-order valence-electron chi connectivity index (χ1n) is 5.30. The summed E-state index contributed by atoms with van der Waals surface area (Å²) in [6.07, 6.45) is 6.61. The summed E-state index contributed by atoms with van der Waals surface area (Å²) in [6.45, 7) is 1.72. The van der Waals surface area contributed by atoms with E-state index in [9.17, 15) is 9.90 Å². The molecule has 1 aromatic heterocycles. The number of carbonyl (C=O) groups is 1. The van der Waals surface area contributed by atoms with Gasteiger partial charge in [-0.15, -0.1) is 0 Å². The van der Waals surface area contributed by atoms with Crippen LogP contribution in [0.5, 0.6) is 0 Å². The van der Waals surface area contributed by atoms with Crippen molar-refractivity contribution >= 4 is 22.9 Å². The van der Waals surface area contributed by atoms with Gasteiger partial charge in [0, 0.05) is 17.1 Å². The van der Waals surface area contributed by atoms with Crippen LogP contribution in [0.15, 0.2) is 48.2 Å². The van der Waals surface area contributed by atoms with Gasteiger partial charge in [0.25, 0.3) is 0 Å². The number of para-hydroxylation sites is 1. The monoisotopic (exact) mass is 226 g/mol. The van der Waals surface area contributed by atoms with Gasteiger partial charge in [0.1, 0.15) is 0 Å². The number of rotatable bonds is 3. The molecular formula is C14H12NO2-. The number of carboxylic acid groups (broad SMARTS) is 1. The molecule has 2 rings (SSSR count). The molecule has 0 fully saturated rings. The first-order chi connectivity index (χ1) is 8.16. The molecule has 2 aromatic rings. The van der Waals surface area contributed by atoms with Crippen LogP contribution in [0.1, 0.15) is 12.5 Å². The number of carbonyl (C=O) groups excluding carboxylic acids is 1. The summed E-state index contributed by atoms with van der Waals surface area (Å²) in [5.41, 5.74) is 2.75. The molecule has 0 aliphatic carbocycles. The topological polar surface area (TPSA) is 55.9 Å². The van der Waals surface area contributed by atoms with Crippen molar-refractivity contribution < 1.29 is 9.90 Å². The summed E-state index contributed by atoms with van der Waals surface area (Å²) in [7, 11) is 0. The van der Waals surface area contributed by atoms with Gasteiger partial charge in [-0.25, -0.2) is 0 Å². The highest BCUT2D eigenvalue weighted by Gasteiger charge is 1.98. The van der Waals surface area contributed by atoms with Gasteiger partial charge in [0.2, 0.25) is 0 Å². The maximum absolute atomic E-state index is 10.4. The van der Waals surface area contributed by atoms with E-state index in [0.717, 1.165) is 22.5 Å². The second kappa shape index (κ2) is 4.70. The lowest BCUT2D eigenvalue weighted by Crippen LogP contribution is -2.19. The third-order valence-electron chi connectivity index (χ3n) is 2.49. The van der Waals surface area contributed by atoms with Crippen molar-refractivity contribution in [3.05, 3.63) is 53.8 Å². The quantitative estimate of drug-likeness (QED) is 0.641. The van der Waals surface area contributed by atoms with Gasteiger partial charge in [-0.05, 0) is 30.2 Å². The third-order valence-corrected chi connectivity index (χ3v) is 2.49. The lowest BCUT2D eigenvalue weighted by molar-refractivity contribution is -0.297. The molecule has 0 saturated heterocycles. The van der Waals surface area contributed by atoms with E-state index in [4.69, 9.17) is 0 Å². The van der Waals surface area contributed by atoms with Crippen LogP contribution in [0.2, 0.25) is 0 Å². The summed E-state index contributed by atoms with van der Waals surface area (Å²) in [5.74, 6) is -1.17. The lowest BCUT2D eigenvalue weighted by atomic mass is 10.1. The number of allylic oxidation sites excluding steroid dienone is 2. The van der Waals surface area contributed by atoms with E-state index < -0.39 is 5.97 Å². The first kappa shape index (κ1) is 11.2. The molecule has 0 atom stereocenters. The van der Waals surface area contributed by atoms with E-state index in [0.29, 0.717) is 5.57 Å². The zero-order valence-electron chi connectivity index (χ0n) is 9.44. The summed E-state index contributed by atoms with van der Waals surface area (Å²) < 4.78 is 0. The highest BCUT2D eigenvalue weighted by molar-refractivity contribution is 5.89. The van der Waals surface area contributed by atoms with Crippen LogP contribution in [-0.2, 0) is 4.79 Å². The van der Waals surface area contributed by atoms with Crippen LogP contribution in [0.4, 0.5) is 0 Å². The first-order valence-corrected chi connectivity index (χ1v) is 5.30. The number of hydrogen-bond donors (Lipinski definition) is 1. The number of benzene rings is 1. The number of nitrogens with one attached hydrogen (secondary N) is 1. The average Bonchev–Trinajstić information content (AvgIpc) is 2.69. The molecule has 1 N–H and O–H groups in total. The summed E-state index contributed by atoms with van der Waals surface area (Å²) in [5, 5.41) is 11.5. The minimum absolute atomic E-state index is 0.648. The van der Waals surface area contributed by atoms with E-state index in [2.05, 4.69) is 4.98 Å². The molecule has 0 amide bonds. The van der Waals surface area contributed by atoms with Crippen molar-refractivity contribution in [2.45, 2.75) is 6.92 Å². The van der Waals surface area contributed by atoms with Crippen molar-refractivity contribution in [1.82, 2.24) is 4.98 Å². The minimum atomic E-state index is -1.17. The number of aliphatic carboxylic acids is 1. The van der Waals surface area contributed by atoms with E-state index in [1.807, 2.05) is 36.5 Å². The van der Waals surface area contributed by atoms with Crippen LogP contribution < -0.4 is 5.11 Å². The Bertz CT molecular complexity index is 605. The molecule has 0 saturated carbocycles. The fraction of sp³-hybridized carbons (Fsp3) is 0.0714. The predicted octanol–water partition coefficient (Wildman–Crippen LogP) is 1.88. The molecule has 1 aromatic carbocycles. The highest BCUT2D eigenvalue weighted by atomic mass is 16.4.